The van der Waals surface area contributed by atoms with Gasteiger partial charge in [-0.25, -0.2) is 0 Å². The van der Waals surface area contributed by atoms with Crippen LogP contribution in [0.25, 0.3) is 0 Å². The summed E-state index contributed by atoms with van der Waals surface area (Å²) < 4.78 is 0. The van der Waals surface area contributed by atoms with Gasteiger partial charge in [-0.15, -0.1) is 0 Å². The summed E-state index contributed by atoms with van der Waals surface area (Å²) in [5.74, 6) is -2.95. The fourth-order valence-corrected chi connectivity index (χ4v) is 3.17. The van der Waals surface area contributed by atoms with Crippen LogP contribution in [0.4, 0.5) is 0 Å². The van der Waals surface area contributed by atoms with E-state index in [4.69, 9.17) is 15.9 Å². The number of aliphatic carboxylic acids is 1. The average molecular weight is 419 g/mol. The molecule has 1 fully saturated rings. The molecule has 0 aliphatic carbocycles. The number of nitrogens with zero attached hydrogens (tertiary/aromatic N) is 2. The van der Waals surface area contributed by atoms with Crippen LogP contribution in [0.5, 0.6) is 0 Å². The molecule has 1 unspecified atom stereocenters. The van der Waals surface area contributed by atoms with Gasteiger partial charge in [-0.2, -0.15) is 0 Å². The molecule has 10 nitrogen and oxygen atoms in total. The largest absolute Gasteiger partial charge is 0.480 e. The number of hydrogen-bond donors (Lipinski definition) is 3. The molecular formula is C20H25N3O7. The van der Waals surface area contributed by atoms with E-state index in [-0.39, 0.29) is 43.0 Å². The summed E-state index contributed by atoms with van der Waals surface area (Å²) >= 11 is 0. The summed E-state index contributed by atoms with van der Waals surface area (Å²) in [4.78, 5) is 60.8. The monoisotopic (exact) mass is 419 g/mol. The molecule has 30 heavy (non-hydrogen) atoms. The molecule has 2 aliphatic heterocycles. The van der Waals surface area contributed by atoms with Crippen molar-refractivity contribution in [3.63, 3.8) is 0 Å². The molecule has 0 aromatic heterocycles. The zero-order chi connectivity index (χ0) is 22.6. The van der Waals surface area contributed by atoms with Crippen molar-refractivity contribution in [2.24, 2.45) is 11.7 Å². The van der Waals surface area contributed by atoms with E-state index >= 15 is 0 Å². The van der Waals surface area contributed by atoms with Crippen molar-refractivity contribution in [3.05, 3.63) is 35.4 Å². The third kappa shape index (κ3) is 4.55. The van der Waals surface area contributed by atoms with Crippen LogP contribution in [-0.4, -0.2) is 74.8 Å². The van der Waals surface area contributed by atoms with Crippen LogP contribution < -0.4 is 5.73 Å². The van der Waals surface area contributed by atoms with Gasteiger partial charge in [0.05, 0.1) is 24.3 Å². The first kappa shape index (κ1) is 23.2. The number of piperidine rings is 1. The Morgan fingerprint density at radius 1 is 1.13 bits per heavy atom. The van der Waals surface area contributed by atoms with Gasteiger partial charge in [-0.3, -0.25) is 33.8 Å². The number of amides is 4. The molecule has 4 N–H and O–H groups in total. The first-order chi connectivity index (χ1) is 14.1. The van der Waals surface area contributed by atoms with Crippen molar-refractivity contribution >= 4 is 29.6 Å². The number of nitrogens with two attached hydrogens (primary N) is 1. The molecule has 0 saturated carbocycles. The second kappa shape index (κ2) is 9.59. The molecule has 162 valence electrons. The number of aliphatic hydroxyl groups excluding tert-OH is 1. The molecule has 1 aromatic carbocycles. The second-order valence-corrected chi connectivity index (χ2v) is 7.30. The number of carbonyl (C=O) groups is 5. The Balaban J connectivity index is 0.000000343. The number of aliphatic hydroxyl groups is 1. The highest BCUT2D eigenvalue weighted by Gasteiger charge is 2.46. The predicted molar refractivity (Wildman–Crippen MR) is 104 cm³/mol. The SMILES string of the molecule is CC(C)[C@H](N)C(=O)O.O=C1CCC(N2C(=O)c3ccccc3C2=O)C(=O)N1CCO. The van der Waals surface area contributed by atoms with Crippen LogP contribution in [0.1, 0.15) is 47.4 Å². The quantitative estimate of drug-likeness (QED) is 0.556. The highest BCUT2D eigenvalue weighted by atomic mass is 16.4. The Morgan fingerprint density at radius 3 is 2.07 bits per heavy atom. The van der Waals surface area contributed by atoms with Gasteiger partial charge in [0.15, 0.2) is 0 Å². The molecule has 3 rings (SSSR count). The Labute approximate surface area is 173 Å². The fraction of sp³-hybridized carbons (Fsp3) is 0.450. The van der Waals surface area contributed by atoms with Gasteiger partial charge in [0.1, 0.15) is 12.1 Å². The van der Waals surface area contributed by atoms with E-state index in [0.29, 0.717) is 0 Å². The van der Waals surface area contributed by atoms with Crippen molar-refractivity contribution in [2.45, 2.75) is 38.8 Å². The Bertz CT molecular complexity index is 833. The average Bonchev–Trinajstić information content (AvgIpc) is 2.96. The van der Waals surface area contributed by atoms with Gasteiger partial charge in [0.2, 0.25) is 5.91 Å². The predicted octanol–water partition coefficient (Wildman–Crippen LogP) is -0.153. The summed E-state index contributed by atoms with van der Waals surface area (Å²) in [7, 11) is 0. The molecule has 4 amide bonds. The van der Waals surface area contributed by atoms with Gasteiger partial charge < -0.3 is 15.9 Å². The zero-order valence-corrected chi connectivity index (χ0v) is 16.8. The summed E-state index contributed by atoms with van der Waals surface area (Å²) in [6.45, 7) is 3.07. The van der Waals surface area contributed by atoms with E-state index in [0.717, 1.165) is 9.80 Å². The molecular weight excluding hydrogens is 394 g/mol. The number of rotatable bonds is 5. The number of carboxylic acids is 1. The van der Waals surface area contributed by atoms with Gasteiger partial charge in [-0.1, -0.05) is 26.0 Å². The Morgan fingerprint density at radius 2 is 1.67 bits per heavy atom. The van der Waals surface area contributed by atoms with E-state index < -0.39 is 41.7 Å². The van der Waals surface area contributed by atoms with Crippen molar-refractivity contribution in [2.75, 3.05) is 13.2 Å². The van der Waals surface area contributed by atoms with E-state index in [9.17, 15) is 24.0 Å². The minimum absolute atomic E-state index is 0.0208. The molecule has 10 heteroatoms. The molecule has 0 bridgehead atoms. The summed E-state index contributed by atoms with van der Waals surface area (Å²) in [6, 6.07) is 4.68. The maximum Gasteiger partial charge on any atom is 0.320 e. The minimum Gasteiger partial charge on any atom is -0.480 e. The maximum absolute atomic E-state index is 12.4. The number of hydrogen-bond acceptors (Lipinski definition) is 7. The number of likely N-dealkylation sites (tertiary alicyclic amines) is 1. The lowest BCUT2D eigenvalue weighted by atomic mass is 10.0. The summed E-state index contributed by atoms with van der Waals surface area (Å²) in [5.41, 5.74) is 5.70. The number of β-amino-alcohol motifs (C(OH)–C–C–N with tert-alkyl or cyclic N) is 1. The second-order valence-electron chi connectivity index (χ2n) is 7.30. The molecule has 0 radical (unpaired) electrons. The summed E-state index contributed by atoms with van der Waals surface area (Å²) in [5, 5.41) is 17.2. The van der Waals surface area contributed by atoms with Crippen molar-refractivity contribution in [1.82, 2.24) is 9.80 Å². The van der Waals surface area contributed by atoms with Crippen molar-refractivity contribution < 1.29 is 34.2 Å². The van der Waals surface area contributed by atoms with Crippen LogP contribution in [0.15, 0.2) is 24.3 Å². The van der Waals surface area contributed by atoms with Gasteiger partial charge in [-0.05, 0) is 24.5 Å². The number of fused-ring (bicyclic) bond motifs is 1. The van der Waals surface area contributed by atoms with Gasteiger partial charge >= 0.3 is 5.97 Å². The van der Waals surface area contributed by atoms with Gasteiger partial charge in [0.25, 0.3) is 17.7 Å². The van der Waals surface area contributed by atoms with Crippen LogP contribution in [0.3, 0.4) is 0 Å². The number of carboxylic acid groups (broad SMARTS) is 1. The summed E-state index contributed by atoms with van der Waals surface area (Å²) in [6.07, 6.45) is 0.175. The zero-order valence-electron chi connectivity index (χ0n) is 16.8. The lowest BCUT2D eigenvalue weighted by Crippen LogP contribution is -2.56. The third-order valence-electron chi connectivity index (χ3n) is 4.95. The molecule has 2 atom stereocenters. The topological polar surface area (TPSA) is 158 Å². The molecule has 1 aromatic rings. The van der Waals surface area contributed by atoms with E-state index in [1.54, 1.807) is 38.1 Å². The lowest BCUT2D eigenvalue weighted by molar-refractivity contribution is -0.152. The number of benzene rings is 1. The van der Waals surface area contributed by atoms with Crippen molar-refractivity contribution in [1.29, 1.82) is 0 Å². The van der Waals surface area contributed by atoms with Crippen LogP contribution in [0.2, 0.25) is 0 Å². The third-order valence-corrected chi connectivity index (χ3v) is 4.95. The number of imide groups is 2. The van der Waals surface area contributed by atoms with Crippen molar-refractivity contribution in [3.8, 4) is 0 Å². The Hall–Kier alpha value is -3.11. The van der Waals surface area contributed by atoms with Crippen LogP contribution in [-0.2, 0) is 14.4 Å². The molecule has 2 aliphatic rings. The maximum atomic E-state index is 12.4. The highest BCUT2D eigenvalue weighted by molar-refractivity contribution is 6.23. The highest BCUT2D eigenvalue weighted by Crippen LogP contribution is 2.28. The molecule has 2 heterocycles. The van der Waals surface area contributed by atoms with E-state index in [2.05, 4.69) is 0 Å². The number of carbonyl (C=O) groups excluding carboxylic acids is 4. The smallest absolute Gasteiger partial charge is 0.320 e. The normalized spacial score (nSPS) is 19.6. The standard InChI is InChI=1S/C15H14N2O5.C5H11NO2/c18-8-7-16-12(19)6-5-11(15(16)22)17-13(20)9-3-1-2-4-10(9)14(17)21;1-3(2)4(6)5(7)8/h1-4,11,18H,5-8H2;3-4H,6H2,1-2H3,(H,7,8)/t;4-/m.0/s1. The first-order valence-electron chi connectivity index (χ1n) is 9.52. The Kier molecular flexibility index (Phi) is 7.41. The van der Waals surface area contributed by atoms with Crippen LogP contribution >= 0.6 is 0 Å². The first-order valence-corrected chi connectivity index (χ1v) is 9.52. The van der Waals surface area contributed by atoms with E-state index in [1.807, 2.05) is 0 Å². The molecule has 0 spiro atoms. The van der Waals surface area contributed by atoms with Gasteiger partial charge in [0, 0.05) is 6.42 Å². The van der Waals surface area contributed by atoms with E-state index in [1.165, 1.54) is 0 Å². The fourth-order valence-electron chi connectivity index (χ4n) is 3.17. The lowest BCUT2D eigenvalue weighted by Gasteiger charge is -2.34. The molecule has 1 saturated heterocycles. The minimum atomic E-state index is -0.989. The van der Waals surface area contributed by atoms with Crippen LogP contribution in [0, 0.1) is 5.92 Å².